The Bertz CT molecular complexity index is 774. The Morgan fingerprint density at radius 2 is 1.69 bits per heavy atom. The number of benzene rings is 2. The second kappa shape index (κ2) is 9.51. The van der Waals surface area contributed by atoms with Crippen molar-refractivity contribution in [2.24, 2.45) is 0 Å². The molecule has 3 aromatic rings. The highest BCUT2D eigenvalue weighted by atomic mass is 16.5. The molecular formula is C21H23N3O2. The molecule has 26 heavy (non-hydrogen) atoms. The average Bonchev–Trinajstić information content (AvgIpc) is 3.23. The molecule has 1 heterocycles. The third kappa shape index (κ3) is 5.02. The molecule has 0 radical (unpaired) electrons. The molecule has 134 valence electrons. The number of rotatable bonds is 10. The molecule has 1 atom stereocenters. The van der Waals surface area contributed by atoms with E-state index >= 15 is 0 Å². The van der Waals surface area contributed by atoms with Gasteiger partial charge in [0, 0.05) is 5.56 Å². The largest absolute Gasteiger partial charge is 0.494 e. The lowest BCUT2D eigenvalue weighted by molar-refractivity contribution is 0.0908. The van der Waals surface area contributed by atoms with Crippen LogP contribution >= 0.6 is 0 Å². The third-order valence-electron chi connectivity index (χ3n) is 4.25. The van der Waals surface area contributed by atoms with Crippen molar-refractivity contribution in [2.45, 2.75) is 31.7 Å². The topological polar surface area (TPSA) is 57.0 Å². The molecule has 0 aliphatic rings. The van der Waals surface area contributed by atoms with Gasteiger partial charge in [0.05, 0.1) is 6.61 Å². The molecule has 0 saturated heterocycles. The second-order valence-electron chi connectivity index (χ2n) is 6.13. The number of hydrogen-bond acceptors (Lipinski definition) is 4. The van der Waals surface area contributed by atoms with E-state index in [-0.39, 0.29) is 11.8 Å². The van der Waals surface area contributed by atoms with E-state index in [0.717, 1.165) is 31.4 Å². The summed E-state index contributed by atoms with van der Waals surface area (Å²) in [6.45, 7) is 0.685. The fourth-order valence-corrected chi connectivity index (χ4v) is 2.88. The molecule has 0 amide bonds. The first-order valence-corrected chi connectivity index (χ1v) is 8.96. The minimum absolute atomic E-state index is 0.0802. The number of ether oxygens (including phenoxy) is 1. The van der Waals surface area contributed by atoms with Crippen molar-refractivity contribution >= 4 is 5.78 Å². The molecule has 2 aromatic carbocycles. The SMILES string of the molecule is O=C(c1ccccc1)C(CCCCCOc1ccccc1)n1cncn1. The number of unbranched alkanes of at least 4 members (excludes halogenated alkanes) is 2. The van der Waals surface area contributed by atoms with Crippen LogP contribution in [0.2, 0.25) is 0 Å². The highest BCUT2D eigenvalue weighted by Gasteiger charge is 2.22. The van der Waals surface area contributed by atoms with Crippen LogP contribution in [0.15, 0.2) is 73.3 Å². The quantitative estimate of drug-likeness (QED) is 0.403. The Balaban J connectivity index is 1.48. The Labute approximate surface area is 153 Å². The Morgan fingerprint density at radius 1 is 0.962 bits per heavy atom. The van der Waals surface area contributed by atoms with Crippen molar-refractivity contribution in [3.8, 4) is 5.75 Å². The van der Waals surface area contributed by atoms with Crippen molar-refractivity contribution in [1.82, 2.24) is 14.8 Å². The van der Waals surface area contributed by atoms with Crippen LogP contribution in [0.3, 0.4) is 0 Å². The highest BCUT2D eigenvalue weighted by Crippen LogP contribution is 2.20. The number of nitrogens with zero attached hydrogens (tertiary/aromatic N) is 3. The van der Waals surface area contributed by atoms with E-state index < -0.39 is 0 Å². The van der Waals surface area contributed by atoms with Crippen LogP contribution in [0.5, 0.6) is 5.75 Å². The minimum Gasteiger partial charge on any atom is -0.494 e. The molecule has 3 rings (SSSR count). The van der Waals surface area contributed by atoms with Gasteiger partial charge in [-0.3, -0.25) is 4.79 Å². The zero-order chi connectivity index (χ0) is 18.0. The van der Waals surface area contributed by atoms with E-state index in [1.54, 1.807) is 11.0 Å². The molecule has 0 N–H and O–H groups in total. The predicted octanol–water partition coefficient (Wildman–Crippen LogP) is 4.34. The molecule has 0 spiro atoms. The van der Waals surface area contributed by atoms with E-state index in [0.29, 0.717) is 12.2 Å². The molecule has 5 nitrogen and oxygen atoms in total. The van der Waals surface area contributed by atoms with Crippen LogP contribution < -0.4 is 4.74 Å². The zero-order valence-corrected chi connectivity index (χ0v) is 14.7. The van der Waals surface area contributed by atoms with Crippen LogP contribution in [-0.2, 0) is 0 Å². The number of carbonyl (C=O) groups excluding carboxylic acids is 1. The first kappa shape index (κ1) is 17.9. The van der Waals surface area contributed by atoms with Crippen LogP contribution in [0.25, 0.3) is 0 Å². The monoisotopic (exact) mass is 349 g/mol. The standard InChI is InChI=1S/C21H23N3O2/c25-21(18-10-4-1-5-11-18)20(24-17-22-16-23-24)14-8-3-9-15-26-19-12-6-2-7-13-19/h1-2,4-7,10-13,16-17,20H,3,8-9,14-15H2. The number of Topliss-reactive ketones (excluding diaryl/α,β-unsaturated/α-hetero) is 1. The molecule has 5 heteroatoms. The summed E-state index contributed by atoms with van der Waals surface area (Å²) in [7, 11) is 0. The van der Waals surface area contributed by atoms with Gasteiger partial charge in [0.1, 0.15) is 24.4 Å². The molecule has 0 bridgehead atoms. The lowest BCUT2D eigenvalue weighted by Gasteiger charge is -2.16. The van der Waals surface area contributed by atoms with Crippen molar-refractivity contribution in [2.75, 3.05) is 6.61 Å². The van der Waals surface area contributed by atoms with Crippen molar-refractivity contribution < 1.29 is 9.53 Å². The maximum Gasteiger partial charge on any atom is 0.187 e. The van der Waals surface area contributed by atoms with Crippen molar-refractivity contribution in [3.63, 3.8) is 0 Å². The molecular weight excluding hydrogens is 326 g/mol. The summed E-state index contributed by atoms with van der Waals surface area (Å²) in [6, 6.07) is 18.9. The van der Waals surface area contributed by atoms with Crippen LogP contribution in [-0.4, -0.2) is 27.2 Å². The van der Waals surface area contributed by atoms with Gasteiger partial charge in [-0.05, 0) is 31.4 Å². The van der Waals surface area contributed by atoms with Crippen LogP contribution in [0, 0.1) is 0 Å². The van der Waals surface area contributed by atoms with Gasteiger partial charge in [0.15, 0.2) is 5.78 Å². The maximum atomic E-state index is 12.8. The first-order chi connectivity index (χ1) is 12.8. The van der Waals surface area contributed by atoms with E-state index in [1.165, 1.54) is 6.33 Å². The third-order valence-corrected chi connectivity index (χ3v) is 4.25. The second-order valence-corrected chi connectivity index (χ2v) is 6.13. The normalized spacial score (nSPS) is 11.8. The average molecular weight is 349 g/mol. The summed E-state index contributed by atoms with van der Waals surface area (Å²) >= 11 is 0. The van der Waals surface area contributed by atoms with Crippen LogP contribution in [0.4, 0.5) is 0 Å². The summed E-state index contributed by atoms with van der Waals surface area (Å²) in [6.07, 6.45) is 6.71. The fraction of sp³-hybridized carbons (Fsp3) is 0.286. The summed E-state index contributed by atoms with van der Waals surface area (Å²) in [4.78, 5) is 16.8. The molecule has 1 aromatic heterocycles. The number of carbonyl (C=O) groups is 1. The van der Waals surface area contributed by atoms with E-state index in [1.807, 2.05) is 60.7 Å². The van der Waals surface area contributed by atoms with Crippen LogP contribution in [0.1, 0.15) is 42.1 Å². The lowest BCUT2D eigenvalue weighted by Crippen LogP contribution is -2.20. The Morgan fingerprint density at radius 3 is 2.38 bits per heavy atom. The smallest absolute Gasteiger partial charge is 0.187 e. The van der Waals surface area contributed by atoms with E-state index in [4.69, 9.17) is 4.74 Å². The molecule has 0 fully saturated rings. The maximum absolute atomic E-state index is 12.8. The van der Waals surface area contributed by atoms with E-state index in [2.05, 4.69) is 10.1 Å². The van der Waals surface area contributed by atoms with Gasteiger partial charge < -0.3 is 4.74 Å². The van der Waals surface area contributed by atoms with Gasteiger partial charge in [0.25, 0.3) is 0 Å². The molecule has 0 aliphatic heterocycles. The Hall–Kier alpha value is -2.95. The lowest BCUT2D eigenvalue weighted by atomic mass is 9.99. The first-order valence-electron chi connectivity index (χ1n) is 8.96. The van der Waals surface area contributed by atoms with Crippen molar-refractivity contribution in [1.29, 1.82) is 0 Å². The van der Waals surface area contributed by atoms with Gasteiger partial charge >= 0.3 is 0 Å². The van der Waals surface area contributed by atoms with Gasteiger partial charge in [-0.2, -0.15) is 5.10 Å². The predicted molar refractivity (Wildman–Crippen MR) is 100 cm³/mol. The molecule has 0 aliphatic carbocycles. The number of para-hydroxylation sites is 1. The zero-order valence-electron chi connectivity index (χ0n) is 14.7. The van der Waals surface area contributed by atoms with Gasteiger partial charge in [-0.25, -0.2) is 9.67 Å². The Kier molecular flexibility index (Phi) is 6.53. The number of hydrogen-bond donors (Lipinski definition) is 0. The minimum atomic E-state index is -0.310. The van der Waals surface area contributed by atoms with E-state index in [9.17, 15) is 4.79 Å². The molecule has 0 saturated carbocycles. The molecule has 1 unspecified atom stereocenters. The summed E-state index contributed by atoms with van der Waals surface area (Å²) in [5, 5.41) is 4.18. The van der Waals surface area contributed by atoms with Crippen molar-refractivity contribution in [3.05, 3.63) is 78.9 Å². The van der Waals surface area contributed by atoms with Gasteiger partial charge in [-0.1, -0.05) is 55.0 Å². The van der Waals surface area contributed by atoms with Gasteiger partial charge in [-0.15, -0.1) is 0 Å². The number of ketones is 1. The van der Waals surface area contributed by atoms with Gasteiger partial charge in [0.2, 0.25) is 0 Å². The summed E-state index contributed by atoms with van der Waals surface area (Å²) < 4.78 is 7.37. The summed E-state index contributed by atoms with van der Waals surface area (Å²) in [5.41, 5.74) is 0.709. The fourth-order valence-electron chi connectivity index (χ4n) is 2.88. The number of aromatic nitrogens is 3. The summed E-state index contributed by atoms with van der Waals surface area (Å²) in [5.74, 6) is 0.976. The highest BCUT2D eigenvalue weighted by molar-refractivity contribution is 5.98.